The van der Waals surface area contributed by atoms with Gasteiger partial charge in [0.25, 0.3) is 0 Å². The molecule has 0 bridgehead atoms. The number of benzene rings is 1. The molecule has 1 heterocycles. The molecule has 0 N–H and O–H groups in total. The van der Waals surface area contributed by atoms with Gasteiger partial charge in [0.2, 0.25) is 0 Å². The largest absolute Gasteiger partial charge is 0.251 e. The molecule has 0 unspecified atom stereocenters. The lowest BCUT2D eigenvalue weighted by molar-refractivity contribution is 0.830. The zero-order valence-electron chi connectivity index (χ0n) is 8.59. The lowest BCUT2D eigenvalue weighted by Crippen LogP contribution is -1.93. The Bertz CT molecular complexity index is 506. The third-order valence-electron chi connectivity index (χ3n) is 2.35. The first-order valence-corrected chi connectivity index (χ1v) is 5.60. The van der Waals surface area contributed by atoms with Crippen LogP contribution in [-0.4, -0.2) is 4.98 Å². The van der Waals surface area contributed by atoms with Crippen LogP contribution in [0.3, 0.4) is 0 Å². The van der Waals surface area contributed by atoms with E-state index in [1.807, 2.05) is 24.3 Å². The van der Waals surface area contributed by atoms with Gasteiger partial charge in [-0.3, -0.25) is 4.98 Å². The Balaban J connectivity index is 2.80. The van der Waals surface area contributed by atoms with Crippen LogP contribution in [0.5, 0.6) is 0 Å². The van der Waals surface area contributed by atoms with Crippen LogP contribution < -0.4 is 0 Å². The first kappa shape index (κ1) is 10.7. The Morgan fingerprint density at radius 3 is 2.53 bits per heavy atom. The molecule has 1 aromatic carbocycles. The van der Waals surface area contributed by atoms with Gasteiger partial charge < -0.3 is 0 Å². The topological polar surface area (TPSA) is 12.9 Å². The minimum atomic E-state index is 0.350. The van der Waals surface area contributed by atoms with Gasteiger partial charge >= 0.3 is 0 Å². The zero-order valence-corrected chi connectivity index (χ0v) is 10.1. The first-order chi connectivity index (χ1) is 7.09. The first-order valence-electron chi connectivity index (χ1n) is 4.84. The Morgan fingerprint density at radius 2 is 1.87 bits per heavy atom. The van der Waals surface area contributed by atoms with Gasteiger partial charge in [-0.1, -0.05) is 49.2 Å². The normalized spacial score (nSPS) is 11.3. The van der Waals surface area contributed by atoms with Crippen LogP contribution in [0.2, 0.25) is 10.0 Å². The molecule has 0 fully saturated rings. The standard InChI is InChI=1S/C12H11Cl2N/c1-7(2)11-6-10(14)8-4-3-5-9(13)12(8)15-11/h3-7H,1-2H3. The molecule has 2 aromatic rings. The number of para-hydroxylation sites is 1. The molecule has 1 aromatic heterocycles. The van der Waals surface area contributed by atoms with Crippen LogP contribution in [0.4, 0.5) is 0 Å². The minimum absolute atomic E-state index is 0.350. The molecule has 0 spiro atoms. The smallest absolute Gasteiger partial charge is 0.0906 e. The summed E-state index contributed by atoms with van der Waals surface area (Å²) in [5.74, 6) is 0.350. The fraction of sp³-hybridized carbons (Fsp3) is 0.250. The summed E-state index contributed by atoms with van der Waals surface area (Å²) in [5, 5.41) is 2.27. The SMILES string of the molecule is CC(C)c1cc(Cl)c2cccc(Cl)c2n1. The third-order valence-corrected chi connectivity index (χ3v) is 2.97. The van der Waals surface area contributed by atoms with Gasteiger partial charge in [-0.2, -0.15) is 0 Å². The molecule has 2 rings (SSSR count). The molecule has 78 valence electrons. The van der Waals surface area contributed by atoms with E-state index in [4.69, 9.17) is 23.2 Å². The molecule has 0 aliphatic carbocycles. The highest BCUT2D eigenvalue weighted by Crippen LogP contribution is 2.29. The Kier molecular flexibility index (Phi) is 2.85. The summed E-state index contributed by atoms with van der Waals surface area (Å²) in [6.45, 7) is 4.17. The molecule has 0 radical (unpaired) electrons. The summed E-state index contributed by atoms with van der Waals surface area (Å²) >= 11 is 12.3. The lowest BCUT2D eigenvalue weighted by Gasteiger charge is -2.08. The molecule has 1 nitrogen and oxygen atoms in total. The second-order valence-electron chi connectivity index (χ2n) is 3.82. The summed E-state index contributed by atoms with van der Waals surface area (Å²) in [5.41, 5.74) is 1.76. The Morgan fingerprint density at radius 1 is 1.13 bits per heavy atom. The van der Waals surface area contributed by atoms with Crippen molar-refractivity contribution in [2.75, 3.05) is 0 Å². The van der Waals surface area contributed by atoms with E-state index in [1.165, 1.54) is 0 Å². The number of halogens is 2. The van der Waals surface area contributed by atoms with Gasteiger partial charge in [0, 0.05) is 11.1 Å². The minimum Gasteiger partial charge on any atom is -0.251 e. The van der Waals surface area contributed by atoms with Crippen molar-refractivity contribution in [1.29, 1.82) is 0 Å². The van der Waals surface area contributed by atoms with E-state index >= 15 is 0 Å². The maximum atomic E-state index is 6.18. The molecule has 0 saturated heterocycles. The molecule has 0 aliphatic heterocycles. The third kappa shape index (κ3) is 1.95. The summed E-state index contributed by atoms with van der Waals surface area (Å²) in [7, 11) is 0. The van der Waals surface area contributed by atoms with Crippen LogP contribution >= 0.6 is 23.2 Å². The average molecular weight is 240 g/mol. The van der Waals surface area contributed by atoms with Crippen LogP contribution in [-0.2, 0) is 0 Å². The second-order valence-corrected chi connectivity index (χ2v) is 4.63. The molecular formula is C12H11Cl2N. The van der Waals surface area contributed by atoms with Crippen molar-refractivity contribution in [3.8, 4) is 0 Å². The number of fused-ring (bicyclic) bond motifs is 1. The number of nitrogens with zero attached hydrogens (tertiary/aromatic N) is 1. The summed E-state index contributed by atoms with van der Waals surface area (Å²) in [6, 6.07) is 7.55. The molecule has 3 heteroatoms. The van der Waals surface area contributed by atoms with Crippen LogP contribution in [0.1, 0.15) is 25.5 Å². The monoisotopic (exact) mass is 239 g/mol. The predicted molar refractivity (Wildman–Crippen MR) is 65.9 cm³/mol. The number of aromatic nitrogens is 1. The second kappa shape index (κ2) is 3.99. The number of rotatable bonds is 1. The van der Waals surface area contributed by atoms with E-state index in [1.54, 1.807) is 0 Å². The highest BCUT2D eigenvalue weighted by Gasteiger charge is 2.08. The maximum absolute atomic E-state index is 6.18. The summed E-state index contributed by atoms with van der Waals surface area (Å²) in [6.07, 6.45) is 0. The summed E-state index contributed by atoms with van der Waals surface area (Å²) in [4.78, 5) is 4.52. The molecule has 0 saturated carbocycles. The van der Waals surface area contributed by atoms with E-state index in [0.29, 0.717) is 16.0 Å². The van der Waals surface area contributed by atoms with E-state index in [2.05, 4.69) is 18.8 Å². The average Bonchev–Trinajstić information content (AvgIpc) is 2.19. The van der Waals surface area contributed by atoms with Crippen molar-refractivity contribution in [2.45, 2.75) is 19.8 Å². The van der Waals surface area contributed by atoms with Gasteiger partial charge in [0.05, 0.1) is 15.6 Å². The Labute approximate surface area is 99.0 Å². The van der Waals surface area contributed by atoms with E-state index in [-0.39, 0.29) is 0 Å². The lowest BCUT2D eigenvalue weighted by atomic mass is 10.1. The molecular weight excluding hydrogens is 229 g/mol. The van der Waals surface area contributed by atoms with E-state index < -0.39 is 0 Å². The van der Waals surface area contributed by atoms with Gasteiger partial charge in [-0.25, -0.2) is 0 Å². The van der Waals surface area contributed by atoms with Crippen molar-refractivity contribution < 1.29 is 0 Å². The van der Waals surface area contributed by atoms with Crippen molar-refractivity contribution in [1.82, 2.24) is 4.98 Å². The number of pyridine rings is 1. The highest BCUT2D eigenvalue weighted by molar-refractivity contribution is 6.39. The molecule has 15 heavy (non-hydrogen) atoms. The van der Waals surface area contributed by atoms with Crippen molar-refractivity contribution in [3.05, 3.63) is 40.0 Å². The number of hydrogen-bond acceptors (Lipinski definition) is 1. The molecule has 0 atom stereocenters. The van der Waals surface area contributed by atoms with Gasteiger partial charge in [0.15, 0.2) is 0 Å². The van der Waals surface area contributed by atoms with Crippen molar-refractivity contribution in [3.63, 3.8) is 0 Å². The molecule has 0 aliphatic rings. The quantitative estimate of drug-likeness (QED) is 0.706. The van der Waals surface area contributed by atoms with Gasteiger partial charge in [-0.15, -0.1) is 0 Å². The highest BCUT2D eigenvalue weighted by atomic mass is 35.5. The zero-order chi connectivity index (χ0) is 11.0. The predicted octanol–water partition coefficient (Wildman–Crippen LogP) is 4.67. The number of hydrogen-bond donors (Lipinski definition) is 0. The summed E-state index contributed by atoms with van der Waals surface area (Å²) < 4.78 is 0. The van der Waals surface area contributed by atoms with E-state index in [9.17, 15) is 0 Å². The van der Waals surface area contributed by atoms with Crippen molar-refractivity contribution in [2.24, 2.45) is 0 Å². The van der Waals surface area contributed by atoms with Crippen LogP contribution in [0.25, 0.3) is 10.9 Å². The van der Waals surface area contributed by atoms with Gasteiger partial charge in [0.1, 0.15) is 0 Å². The van der Waals surface area contributed by atoms with Crippen LogP contribution in [0.15, 0.2) is 24.3 Å². The van der Waals surface area contributed by atoms with Gasteiger partial charge in [-0.05, 0) is 18.1 Å². The fourth-order valence-electron chi connectivity index (χ4n) is 1.49. The fourth-order valence-corrected chi connectivity index (χ4v) is 1.97. The Hall–Kier alpha value is -0.790. The molecule has 0 amide bonds. The maximum Gasteiger partial charge on any atom is 0.0906 e. The van der Waals surface area contributed by atoms with Crippen LogP contribution in [0, 0.1) is 0 Å². The van der Waals surface area contributed by atoms with E-state index in [0.717, 1.165) is 16.6 Å². The van der Waals surface area contributed by atoms with Crippen molar-refractivity contribution >= 4 is 34.1 Å².